The number of nitrogens with one attached hydrogen (secondary N) is 1. The number of rotatable bonds is 3. The molecule has 0 amide bonds. The molecule has 3 heteroatoms. The van der Waals surface area contributed by atoms with Gasteiger partial charge in [-0.1, -0.05) is 20.3 Å². The van der Waals surface area contributed by atoms with Crippen molar-refractivity contribution in [2.24, 2.45) is 5.41 Å². The van der Waals surface area contributed by atoms with E-state index in [2.05, 4.69) is 28.7 Å². The molecule has 2 rings (SSSR count). The van der Waals surface area contributed by atoms with Gasteiger partial charge in [0.25, 0.3) is 0 Å². The van der Waals surface area contributed by atoms with Gasteiger partial charge >= 0.3 is 0 Å². The third-order valence-corrected chi connectivity index (χ3v) is 3.64. The van der Waals surface area contributed by atoms with Crippen LogP contribution in [0.1, 0.15) is 44.8 Å². The fourth-order valence-electron chi connectivity index (χ4n) is 2.75. The van der Waals surface area contributed by atoms with Crippen molar-refractivity contribution in [3.05, 3.63) is 18.2 Å². The molecule has 0 aromatic carbocycles. The Labute approximate surface area is 91.9 Å². The second-order valence-corrected chi connectivity index (χ2v) is 5.22. The van der Waals surface area contributed by atoms with Crippen LogP contribution < -0.4 is 5.32 Å². The number of hydrogen-bond donors (Lipinski definition) is 1. The molecule has 1 aliphatic carbocycles. The summed E-state index contributed by atoms with van der Waals surface area (Å²) in [7, 11) is 1.98. The largest absolute Gasteiger partial charge is 0.330 e. The molecule has 0 radical (unpaired) electrons. The van der Waals surface area contributed by atoms with E-state index in [1.807, 2.05) is 19.6 Å². The van der Waals surface area contributed by atoms with E-state index in [0.29, 0.717) is 11.5 Å². The SMILES string of the molecule is CNCc1cncn1C1CCCC1(C)C. The molecule has 1 fully saturated rings. The van der Waals surface area contributed by atoms with Crippen LogP contribution in [0.5, 0.6) is 0 Å². The minimum absolute atomic E-state index is 0.420. The van der Waals surface area contributed by atoms with E-state index < -0.39 is 0 Å². The van der Waals surface area contributed by atoms with Crippen molar-refractivity contribution in [3.63, 3.8) is 0 Å². The molecule has 84 valence electrons. The quantitative estimate of drug-likeness (QED) is 0.824. The maximum atomic E-state index is 4.27. The molecule has 1 aliphatic rings. The first-order valence-electron chi connectivity index (χ1n) is 5.80. The number of nitrogens with zero attached hydrogens (tertiary/aromatic N) is 2. The van der Waals surface area contributed by atoms with E-state index in [1.54, 1.807) is 0 Å². The molecule has 1 saturated carbocycles. The smallest absolute Gasteiger partial charge is 0.0951 e. The molecule has 0 bridgehead atoms. The van der Waals surface area contributed by atoms with Gasteiger partial charge in [-0.05, 0) is 25.3 Å². The molecule has 15 heavy (non-hydrogen) atoms. The van der Waals surface area contributed by atoms with Crippen LogP contribution in [0.25, 0.3) is 0 Å². The van der Waals surface area contributed by atoms with E-state index in [9.17, 15) is 0 Å². The van der Waals surface area contributed by atoms with Gasteiger partial charge in [-0.2, -0.15) is 0 Å². The molecule has 0 spiro atoms. The summed E-state index contributed by atoms with van der Waals surface area (Å²) in [5.41, 5.74) is 1.72. The average Bonchev–Trinajstić information content (AvgIpc) is 2.72. The Morgan fingerprint density at radius 1 is 1.60 bits per heavy atom. The van der Waals surface area contributed by atoms with Crippen LogP contribution in [-0.2, 0) is 6.54 Å². The maximum Gasteiger partial charge on any atom is 0.0951 e. The molecule has 0 aliphatic heterocycles. The van der Waals surface area contributed by atoms with Crippen LogP contribution in [-0.4, -0.2) is 16.6 Å². The molecule has 0 saturated heterocycles. The van der Waals surface area contributed by atoms with Crippen LogP contribution in [0.15, 0.2) is 12.5 Å². The van der Waals surface area contributed by atoms with Gasteiger partial charge in [0.1, 0.15) is 0 Å². The zero-order chi connectivity index (χ0) is 10.9. The normalized spacial score (nSPS) is 24.6. The van der Waals surface area contributed by atoms with Crippen LogP contribution >= 0.6 is 0 Å². The Hall–Kier alpha value is -0.830. The van der Waals surface area contributed by atoms with Gasteiger partial charge < -0.3 is 9.88 Å². The summed E-state index contributed by atoms with van der Waals surface area (Å²) in [5, 5.41) is 3.20. The number of imidazole rings is 1. The summed E-state index contributed by atoms with van der Waals surface area (Å²) in [6, 6.07) is 0.628. The van der Waals surface area contributed by atoms with Crippen LogP contribution in [0.4, 0.5) is 0 Å². The van der Waals surface area contributed by atoms with Crippen LogP contribution in [0, 0.1) is 5.41 Å². The summed E-state index contributed by atoms with van der Waals surface area (Å²) < 4.78 is 2.36. The van der Waals surface area contributed by atoms with Gasteiger partial charge in [0.05, 0.1) is 12.0 Å². The molecule has 3 nitrogen and oxygen atoms in total. The summed E-state index contributed by atoms with van der Waals surface area (Å²) >= 11 is 0. The third kappa shape index (κ3) is 1.93. The second kappa shape index (κ2) is 3.97. The van der Waals surface area contributed by atoms with Crippen LogP contribution in [0.3, 0.4) is 0 Å². The highest BCUT2D eigenvalue weighted by Gasteiger charge is 2.36. The van der Waals surface area contributed by atoms with Gasteiger partial charge in [0.2, 0.25) is 0 Å². The highest BCUT2D eigenvalue weighted by Crippen LogP contribution is 2.46. The predicted molar refractivity (Wildman–Crippen MR) is 61.7 cm³/mol. The Morgan fingerprint density at radius 3 is 3.00 bits per heavy atom. The predicted octanol–water partition coefficient (Wildman–Crippen LogP) is 2.35. The van der Waals surface area contributed by atoms with Gasteiger partial charge in [-0.25, -0.2) is 4.98 Å². The van der Waals surface area contributed by atoms with Crippen molar-refractivity contribution >= 4 is 0 Å². The maximum absolute atomic E-state index is 4.27. The minimum Gasteiger partial charge on any atom is -0.330 e. The molecular weight excluding hydrogens is 186 g/mol. The zero-order valence-electron chi connectivity index (χ0n) is 9.95. The highest BCUT2D eigenvalue weighted by molar-refractivity contribution is 5.03. The lowest BCUT2D eigenvalue weighted by atomic mass is 9.87. The van der Waals surface area contributed by atoms with E-state index in [-0.39, 0.29) is 0 Å². The van der Waals surface area contributed by atoms with Crippen molar-refractivity contribution in [2.75, 3.05) is 7.05 Å². The molecule has 1 atom stereocenters. The van der Waals surface area contributed by atoms with E-state index >= 15 is 0 Å². The van der Waals surface area contributed by atoms with E-state index in [0.717, 1.165) is 6.54 Å². The van der Waals surface area contributed by atoms with E-state index in [4.69, 9.17) is 0 Å². The van der Waals surface area contributed by atoms with Crippen molar-refractivity contribution < 1.29 is 0 Å². The number of aromatic nitrogens is 2. The summed E-state index contributed by atoms with van der Waals surface area (Å²) in [6.07, 6.45) is 7.93. The van der Waals surface area contributed by atoms with Gasteiger partial charge in [0, 0.05) is 18.8 Å². The van der Waals surface area contributed by atoms with Crippen molar-refractivity contribution in [2.45, 2.75) is 45.7 Å². The fraction of sp³-hybridized carbons (Fsp3) is 0.750. The van der Waals surface area contributed by atoms with E-state index in [1.165, 1.54) is 25.0 Å². The topological polar surface area (TPSA) is 29.9 Å². The lowest BCUT2D eigenvalue weighted by Crippen LogP contribution is -2.23. The van der Waals surface area contributed by atoms with Gasteiger partial charge in [0.15, 0.2) is 0 Å². The Bertz CT molecular complexity index is 327. The molecule has 1 unspecified atom stereocenters. The van der Waals surface area contributed by atoms with Gasteiger partial charge in [-0.15, -0.1) is 0 Å². The first-order valence-corrected chi connectivity index (χ1v) is 5.80. The second-order valence-electron chi connectivity index (χ2n) is 5.22. The lowest BCUT2D eigenvalue weighted by molar-refractivity contribution is 0.255. The monoisotopic (exact) mass is 207 g/mol. The third-order valence-electron chi connectivity index (χ3n) is 3.64. The highest BCUT2D eigenvalue weighted by atomic mass is 15.1. The first-order chi connectivity index (χ1) is 7.15. The van der Waals surface area contributed by atoms with Crippen molar-refractivity contribution in [1.29, 1.82) is 0 Å². The molecule has 1 N–H and O–H groups in total. The fourth-order valence-corrected chi connectivity index (χ4v) is 2.75. The van der Waals surface area contributed by atoms with Gasteiger partial charge in [-0.3, -0.25) is 0 Å². The molecule has 1 heterocycles. The van der Waals surface area contributed by atoms with Crippen molar-refractivity contribution in [1.82, 2.24) is 14.9 Å². The summed E-state index contributed by atoms with van der Waals surface area (Å²) in [5.74, 6) is 0. The summed E-state index contributed by atoms with van der Waals surface area (Å²) in [4.78, 5) is 4.27. The summed E-state index contributed by atoms with van der Waals surface area (Å²) in [6.45, 7) is 5.65. The molecule has 1 aromatic heterocycles. The Kier molecular flexibility index (Phi) is 2.83. The lowest BCUT2D eigenvalue weighted by Gasteiger charge is -2.29. The van der Waals surface area contributed by atoms with Crippen LogP contribution in [0.2, 0.25) is 0 Å². The van der Waals surface area contributed by atoms with Crippen molar-refractivity contribution in [3.8, 4) is 0 Å². The first kappa shape index (κ1) is 10.7. The Morgan fingerprint density at radius 2 is 2.40 bits per heavy atom. The zero-order valence-corrected chi connectivity index (χ0v) is 9.95. The standard InChI is InChI=1S/C12H21N3/c1-12(2)6-4-5-11(12)15-9-14-8-10(15)7-13-3/h8-9,11,13H,4-7H2,1-3H3. The minimum atomic E-state index is 0.420. The number of hydrogen-bond acceptors (Lipinski definition) is 2. The molecule has 1 aromatic rings. The molecular formula is C12H21N3. The average molecular weight is 207 g/mol. The Balaban J connectivity index is 2.25.